The third-order valence-electron chi connectivity index (χ3n) is 2.86. The van der Waals surface area contributed by atoms with Crippen LogP contribution >= 0.6 is 0 Å². The van der Waals surface area contributed by atoms with E-state index in [-0.39, 0.29) is 5.91 Å². The minimum absolute atomic E-state index is 0.195. The first-order valence-corrected chi connectivity index (χ1v) is 6.05. The maximum absolute atomic E-state index is 12.0. The summed E-state index contributed by atoms with van der Waals surface area (Å²) in [6, 6.07) is 12.9. The minimum Gasteiger partial charge on any atom is -0.399 e. The van der Waals surface area contributed by atoms with Gasteiger partial charge < -0.3 is 16.8 Å². The lowest BCUT2D eigenvalue weighted by molar-refractivity contribution is 0.0952. The van der Waals surface area contributed by atoms with Crippen LogP contribution in [0.4, 0.5) is 11.4 Å². The molecule has 4 nitrogen and oxygen atoms in total. The van der Waals surface area contributed by atoms with Gasteiger partial charge in [-0.25, -0.2) is 0 Å². The maximum atomic E-state index is 12.0. The largest absolute Gasteiger partial charge is 0.399 e. The van der Waals surface area contributed by atoms with Crippen molar-refractivity contribution in [2.45, 2.75) is 13.5 Å². The highest BCUT2D eigenvalue weighted by molar-refractivity contribution is 5.99. The highest BCUT2D eigenvalue weighted by atomic mass is 16.1. The molecule has 0 aromatic heterocycles. The van der Waals surface area contributed by atoms with Gasteiger partial charge >= 0.3 is 0 Å². The SMILES string of the molecule is Cc1cccc(CNC(=O)c2ccc(N)cc2N)c1. The number of hydrogen-bond acceptors (Lipinski definition) is 3. The number of nitrogens with two attached hydrogens (primary N) is 2. The van der Waals surface area contributed by atoms with E-state index in [1.165, 1.54) is 5.56 Å². The second-order valence-electron chi connectivity index (χ2n) is 4.52. The fraction of sp³-hybridized carbons (Fsp3) is 0.133. The van der Waals surface area contributed by atoms with Gasteiger partial charge in [0, 0.05) is 17.9 Å². The van der Waals surface area contributed by atoms with Crippen LogP contribution in [0.15, 0.2) is 42.5 Å². The lowest BCUT2D eigenvalue weighted by atomic mass is 10.1. The monoisotopic (exact) mass is 255 g/mol. The number of anilines is 2. The van der Waals surface area contributed by atoms with Crippen molar-refractivity contribution < 1.29 is 4.79 Å². The van der Waals surface area contributed by atoms with Crippen molar-refractivity contribution in [2.24, 2.45) is 0 Å². The van der Waals surface area contributed by atoms with Crippen LogP contribution in [0.5, 0.6) is 0 Å². The van der Waals surface area contributed by atoms with Crippen LogP contribution in [0.1, 0.15) is 21.5 Å². The summed E-state index contributed by atoms with van der Waals surface area (Å²) in [5.41, 5.74) is 15.0. The number of nitrogen functional groups attached to an aromatic ring is 2. The van der Waals surface area contributed by atoms with Crippen LogP contribution in [0.3, 0.4) is 0 Å². The Hall–Kier alpha value is -2.49. The summed E-state index contributed by atoms with van der Waals surface area (Å²) in [6.45, 7) is 2.49. The van der Waals surface area contributed by atoms with E-state index in [2.05, 4.69) is 5.32 Å². The zero-order valence-electron chi connectivity index (χ0n) is 10.8. The van der Waals surface area contributed by atoms with Crippen molar-refractivity contribution in [3.05, 3.63) is 59.2 Å². The standard InChI is InChI=1S/C15H17N3O/c1-10-3-2-4-11(7-10)9-18-15(19)13-6-5-12(16)8-14(13)17/h2-8H,9,16-17H2,1H3,(H,18,19). The molecule has 0 unspecified atom stereocenters. The van der Waals surface area contributed by atoms with E-state index in [1.54, 1.807) is 18.2 Å². The molecule has 0 saturated heterocycles. The van der Waals surface area contributed by atoms with Crippen LogP contribution in [-0.2, 0) is 6.54 Å². The molecule has 1 amide bonds. The van der Waals surface area contributed by atoms with E-state index in [4.69, 9.17) is 11.5 Å². The molecule has 0 aliphatic rings. The maximum Gasteiger partial charge on any atom is 0.253 e. The average molecular weight is 255 g/mol. The summed E-state index contributed by atoms with van der Waals surface area (Å²) in [6.07, 6.45) is 0. The van der Waals surface area contributed by atoms with Crippen molar-refractivity contribution in [2.75, 3.05) is 11.5 Å². The summed E-state index contributed by atoms with van der Waals surface area (Å²) in [5, 5.41) is 2.84. The van der Waals surface area contributed by atoms with Gasteiger partial charge in [-0.15, -0.1) is 0 Å². The quantitative estimate of drug-likeness (QED) is 0.734. The Bertz CT molecular complexity index is 608. The molecule has 4 heteroatoms. The molecule has 0 atom stereocenters. The van der Waals surface area contributed by atoms with E-state index in [0.29, 0.717) is 23.5 Å². The predicted octanol–water partition coefficient (Wildman–Crippen LogP) is 2.09. The van der Waals surface area contributed by atoms with Crippen molar-refractivity contribution in [3.63, 3.8) is 0 Å². The molecule has 2 aromatic rings. The van der Waals surface area contributed by atoms with Gasteiger partial charge in [-0.3, -0.25) is 4.79 Å². The molecule has 0 spiro atoms. The number of carbonyl (C=O) groups excluding carboxylic acids is 1. The van der Waals surface area contributed by atoms with E-state index >= 15 is 0 Å². The van der Waals surface area contributed by atoms with Crippen LogP contribution in [0.25, 0.3) is 0 Å². The minimum atomic E-state index is -0.195. The van der Waals surface area contributed by atoms with Gasteiger partial charge in [-0.2, -0.15) is 0 Å². The third kappa shape index (κ3) is 3.25. The van der Waals surface area contributed by atoms with Crippen LogP contribution in [0.2, 0.25) is 0 Å². The Balaban J connectivity index is 2.05. The topological polar surface area (TPSA) is 81.1 Å². The van der Waals surface area contributed by atoms with Gasteiger partial charge in [0.15, 0.2) is 0 Å². The van der Waals surface area contributed by atoms with Crippen molar-refractivity contribution in [3.8, 4) is 0 Å². The first kappa shape index (κ1) is 13.0. The molecular formula is C15H17N3O. The Morgan fingerprint density at radius 3 is 2.63 bits per heavy atom. The summed E-state index contributed by atoms with van der Waals surface area (Å²) in [4.78, 5) is 12.0. The second kappa shape index (κ2) is 5.44. The van der Waals surface area contributed by atoms with Gasteiger partial charge in [0.2, 0.25) is 0 Å². The molecule has 98 valence electrons. The fourth-order valence-electron chi connectivity index (χ4n) is 1.89. The number of aryl methyl sites for hydroxylation is 1. The van der Waals surface area contributed by atoms with Crippen LogP contribution in [-0.4, -0.2) is 5.91 Å². The van der Waals surface area contributed by atoms with Crippen molar-refractivity contribution in [1.82, 2.24) is 5.32 Å². The molecule has 2 rings (SSSR count). The van der Waals surface area contributed by atoms with Crippen molar-refractivity contribution in [1.29, 1.82) is 0 Å². The lowest BCUT2D eigenvalue weighted by Gasteiger charge is -2.08. The smallest absolute Gasteiger partial charge is 0.253 e. The fourth-order valence-corrected chi connectivity index (χ4v) is 1.89. The first-order valence-electron chi connectivity index (χ1n) is 6.05. The van der Waals surface area contributed by atoms with E-state index in [9.17, 15) is 4.79 Å². The van der Waals surface area contributed by atoms with Gasteiger partial charge in [0.05, 0.1) is 5.56 Å². The molecule has 5 N–H and O–H groups in total. The van der Waals surface area contributed by atoms with Gasteiger partial charge in [0.25, 0.3) is 5.91 Å². The van der Waals surface area contributed by atoms with E-state index < -0.39 is 0 Å². The summed E-state index contributed by atoms with van der Waals surface area (Å²) in [7, 11) is 0. The molecular weight excluding hydrogens is 238 g/mol. The number of amides is 1. The molecule has 0 aliphatic heterocycles. The van der Waals surface area contributed by atoms with E-state index in [0.717, 1.165) is 5.56 Å². The molecule has 0 radical (unpaired) electrons. The number of hydrogen-bond donors (Lipinski definition) is 3. The predicted molar refractivity (Wildman–Crippen MR) is 77.6 cm³/mol. The Morgan fingerprint density at radius 2 is 1.95 bits per heavy atom. The molecule has 0 aliphatic carbocycles. The van der Waals surface area contributed by atoms with Gasteiger partial charge in [-0.1, -0.05) is 29.8 Å². The zero-order valence-corrected chi connectivity index (χ0v) is 10.8. The second-order valence-corrected chi connectivity index (χ2v) is 4.52. The number of carbonyl (C=O) groups is 1. The molecule has 0 heterocycles. The Morgan fingerprint density at radius 1 is 1.16 bits per heavy atom. The average Bonchev–Trinajstić information content (AvgIpc) is 2.36. The number of benzene rings is 2. The molecule has 19 heavy (non-hydrogen) atoms. The zero-order chi connectivity index (χ0) is 13.8. The van der Waals surface area contributed by atoms with Crippen molar-refractivity contribution >= 4 is 17.3 Å². The number of rotatable bonds is 3. The highest BCUT2D eigenvalue weighted by Gasteiger charge is 2.09. The summed E-state index contributed by atoms with van der Waals surface area (Å²) in [5.74, 6) is -0.195. The lowest BCUT2D eigenvalue weighted by Crippen LogP contribution is -2.23. The molecule has 2 aromatic carbocycles. The van der Waals surface area contributed by atoms with Gasteiger partial charge in [0.1, 0.15) is 0 Å². The number of nitrogens with one attached hydrogen (secondary N) is 1. The van der Waals surface area contributed by atoms with Gasteiger partial charge in [-0.05, 0) is 30.7 Å². The highest BCUT2D eigenvalue weighted by Crippen LogP contribution is 2.15. The molecule has 0 fully saturated rings. The Labute approximate surface area is 112 Å². The first-order chi connectivity index (χ1) is 9.06. The summed E-state index contributed by atoms with van der Waals surface area (Å²) < 4.78 is 0. The molecule has 0 saturated carbocycles. The normalized spacial score (nSPS) is 10.2. The van der Waals surface area contributed by atoms with E-state index in [1.807, 2.05) is 31.2 Å². The Kier molecular flexibility index (Phi) is 3.71. The van der Waals surface area contributed by atoms with Crippen LogP contribution in [0, 0.1) is 6.92 Å². The molecule has 0 bridgehead atoms. The third-order valence-corrected chi connectivity index (χ3v) is 2.86. The van der Waals surface area contributed by atoms with Crippen LogP contribution < -0.4 is 16.8 Å². The summed E-state index contributed by atoms with van der Waals surface area (Å²) >= 11 is 0.